The number of hydrogen-bond donors (Lipinski definition) is 0. The minimum absolute atomic E-state index is 0.00601. The van der Waals surface area contributed by atoms with E-state index in [2.05, 4.69) is 4.90 Å². The molecule has 1 aliphatic heterocycles. The van der Waals surface area contributed by atoms with Gasteiger partial charge < -0.3 is 19.1 Å². The van der Waals surface area contributed by atoms with Crippen molar-refractivity contribution in [3.63, 3.8) is 0 Å². The Hall–Kier alpha value is -2.19. The van der Waals surface area contributed by atoms with Crippen LogP contribution >= 0.6 is 0 Å². The summed E-state index contributed by atoms with van der Waals surface area (Å²) in [5.41, 5.74) is 1.36. The summed E-state index contributed by atoms with van der Waals surface area (Å²) in [4.78, 5) is 25.5. The summed E-state index contributed by atoms with van der Waals surface area (Å²) in [7, 11) is 1.33. The Labute approximate surface area is 172 Å². The van der Waals surface area contributed by atoms with Gasteiger partial charge in [-0.3, -0.25) is 14.9 Å². The van der Waals surface area contributed by atoms with Gasteiger partial charge in [-0.15, -0.1) is 0 Å². The Morgan fingerprint density at radius 1 is 1.34 bits per heavy atom. The number of nitro benzene ring substituents is 1. The topological polar surface area (TPSA) is 91.1 Å². The number of esters is 1. The summed E-state index contributed by atoms with van der Waals surface area (Å²) in [5, 5.41) is 11.9. The molecule has 1 aromatic carbocycles. The first-order chi connectivity index (χ1) is 13.9. The largest absolute Gasteiger partial charge is 0.469 e. The lowest BCUT2D eigenvalue weighted by Gasteiger charge is -2.35. The van der Waals surface area contributed by atoms with Crippen molar-refractivity contribution in [3.05, 3.63) is 33.9 Å². The molecule has 0 aromatic heterocycles. The first-order valence-electron chi connectivity index (χ1n) is 10.2. The lowest BCUT2D eigenvalue weighted by atomic mass is 9.95. The van der Waals surface area contributed by atoms with Gasteiger partial charge >= 0.3 is 5.97 Å². The molecule has 0 unspecified atom stereocenters. The molecule has 2 rings (SSSR count). The van der Waals surface area contributed by atoms with Gasteiger partial charge in [0.15, 0.2) is 0 Å². The van der Waals surface area contributed by atoms with Crippen LogP contribution in [-0.2, 0) is 19.0 Å². The fourth-order valence-corrected chi connectivity index (χ4v) is 3.67. The summed E-state index contributed by atoms with van der Waals surface area (Å²) in [6.07, 6.45) is 1.80. The Kier molecular flexibility index (Phi) is 8.85. The third kappa shape index (κ3) is 6.40. The maximum Gasteiger partial charge on any atom is 0.306 e. The molecule has 0 N–H and O–H groups in total. The quantitative estimate of drug-likeness (QED) is 0.331. The van der Waals surface area contributed by atoms with Crippen molar-refractivity contribution in [3.8, 4) is 0 Å². The van der Waals surface area contributed by atoms with Crippen LogP contribution in [0.5, 0.6) is 0 Å². The van der Waals surface area contributed by atoms with Gasteiger partial charge in [0.2, 0.25) is 0 Å². The zero-order valence-electron chi connectivity index (χ0n) is 17.8. The molecule has 1 heterocycles. The average molecular weight is 408 g/mol. The number of hydrogen-bond acceptors (Lipinski definition) is 7. The molecule has 0 radical (unpaired) electrons. The van der Waals surface area contributed by atoms with Crippen LogP contribution < -0.4 is 4.90 Å². The van der Waals surface area contributed by atoms with Gasteiger partial charge in [-0.05, 0) is 45.2 Å². The van der Waals surface area contributed by atoms with Gasteiger partial charge in [0.25, 0.3) is 5.69 Å². The molecule has 0 saturated carbocycles. The van der Waals surface area contributed by atoms with Crippen LogP contribution in [0.4, 0.5) is 11.4 Å². The first kappa shape index (κ1) is 23.1. The molecule has 1 atom stereocenters. The van der Waals surface area contributed by atoms with Crippen molar-refractivity contribution in [2.24, 2.45) is 0 Å². The molecule has 0 aliphatic carbocycles. The first-order valence-corrected chi connectivity index (χ1v) is 10.2. The van der Waals surface area contributed by atoms with E-state index in [0.29, 0.717) is 37.6 Å². The van der Waals surface area contributed by atoms with E-state index in [-0.39, 0.29) is 41.1 Å². The van der Waals surface area contributed by atoms with E-state index >= 15 is 0 Å². The van der Waals surface area contributed by atoms with Crippen LogP contribution in [0.3, 0.4) is 0 Å². The molecule has 1 aliphatic rings. The summed E-state index contributed by atoms with van der Waals surface area (Å²) >= 11 is 0. The second-order valence-corrected chi connectivity index (χ2v) is 7.49. The molecule has 1 fully saturated rings. The molecule has 0 spiro atoms. The predicted octanol–water partition coefficient (Wildman–Crippen LogP) is 3.67. The lowest BCUT2D eigenvalue weighted by Crippen LogP contribution is -2.39. The van der Waals surface area contributed by atoms with Crippen LogP contribution in [-0.4, -0.2) is 56.5 Å². The molecule has 1 aromatic rings. The SMILES string of the molecule is CCN(c1ccc([C@@H](COC(C)C)CC(=O)OC)cc1[N+](=O)[O-])C1CCOCC1. The average Bonchev–Trinajstić information content (AvgIpc) is 2.72. The van der Waals surface area contributed by atoms with Crippen molar-refractivity contribution >= 4 is 17.3 Å². The highest BCUT2D eigenvalue weighted by Crippen LogP contribution is 2.35. The molecule has 0 amide bonds. The van der Waals surface area contributed by atoms with Crippen LogP contribution in [0.2, 0.25) is 0 Å². The Morgan fingerprint density at radius 3 is 2.59 bits per heavy atom. The number of benzene rings is 1. The number of rotatable bonds is 10. The molecule has 8 nitrogen and oxygen atoms in total. The van der Waals surface area contributed by atoms with Gasteiger partial charge in [0.1, 0.15) is 5.69 Å². The Bertz CT molecular complexity index is 688. The van der Waals surface area contributed by atoms with Crippen LogP contribution in [0, 0.1) is 10.1 Å². The fraction of sp³-hybridized carbons (Fsp3) is 0.667. The van der Waals surface area contributed by atoms with Crippen molar-refractivity contribution < 1.29 is 23.9 Å². The van der Waals surface area contributed by atoms with Gasteiger partial charge in [0.05, 0.1) is 31.2 Å². The zero-order valence-corrected chi connectivity index (χ0v) is 17.8. The summed E-state index contributed by atoms with van der Waals surface area (Å²) in [6.45, 7) is 8.13. The van der Waals surface area contributed by atoms with Crippen molar-refractivity contribution in [1.82, 2.24) is 0 Å². The summed E-state index contributed by atoms with van der Waals surface area (Å²) in [6, 6.07) is 5.45. The van der Waals surface area contributed by atoms with E-state index in [1.54, 1.807) is 12.1 Å². The third-order valence-electron chi connectivity index (χ3n) is 5.22. The second kappa shape index (κ2) is 11.1. The maximum atomic E-state index is 11.9. The fourth-order valence-electron chi connectivity index (χ4n) is 3.67. The van der Waals surface area contributed by atoms with Gasteiger partial charge in [-0.1, -0.05) is 6.07 Å². The number of carbonyl (C=O) groups is 1. The van der Waals surface area contributed by atoms with Gasteiger partial charge in [-0.25, -0.2) is 0 Å². The monoisotopic (exact) mass is 408 g/mol. The number of nitrogens with zero attached hydrogens (tertiary/aromatic N) is 2. The van der Waals surface area contributed by atoms with E-state index in [1.165, 1.54) is 7.11 Å². The predicted molar refractivity (Wildman–Crippen MR) is 110 cm³/mol. The normalized spacial score (nSPS) is 15.9. The van der Waals surface area contributed by atoms with Crippen molar-refractivity contribution in [2.75, 3.05) is 38.4 Å². The van der Waals surface area contributed by atoms with Crippen molar-refractivity contribution in [2.45, 2.75) is 58.1 Å². The highest BCUT2D eigenvalue weighted by molar-refractivity contribution is 5.71. The second-order valence-electron chi connectivity index (χ2n) is 7.49. The summed E-state index contributed by atoms with van der Waals surface area (Å²) < 4.78 is 15.9. The molecular weight excluding hydrogens is 376 g/mol. The van der Waals surface area contributed by atoms with Crippen molar-refractivity contribution in [1.29, 1.82) is 0 Å². The van der Waals surface area contributed by atoms with E-state index in [0.717, 1.165) is 12.8 Å². The Balaban J connectivity index is 2.36. The van der Waals surface area contributed by atoms with E-state index in [4.69, 9.17) is 14.2 Å². The number of methoxy groups -OCH3 is 1. The zero-order chi connectivity index (χ0) is 21.4. The Morgan fingerprint density at radius 2 is 2.03 bits per heavy atom. The highest BCUT2D eigenvalue weighted by atomic mass is 16.6. The van der Waals surface area contributed by atoms with Gasteiger partial charge in [0, 0.05) is 37.8 Å². The maximum absolute atomic E-state index is 11.9. The minimum atomic E-state index is -0.369. The number of ether oxygens (including phenoxy) is 3. The molecule has 8 heteroatoms. The summed E-state index contributed by atoms with van der Waals surface area (Å²) in [5.74, 6) is -0.678. The number of carbonyl (C=O) groups excluding carboxylic acids is 1. The van der Waals surface area contributed by atoms with Crippen LogP contribution in [0.15, 0.2) is 18.2 Å². The van der Waals surface area contributed by atoms with E-state index in [1.807, 2.05) is 26.8 Å². The smallest absolute Gasteiger partial charge is 0.306 e. The lowest BCUT2D eigenvalue weighted by molar-refractivity contribution is -0.384. The van der Waals surface area contributed by atoms with Crippen LogP contribution in [0.25, 0.3) is 0 Å². The molecule has 29 heavy (non-hydrogen) atoms. The third-order valence-corrected chi connectivity index (χ3v) is 5.22. The minimum Gasteiger partial charge on any atom is -0.469 e. The molecular formula is C21H32N2O6. The van der Waals surface area contributed by atoms with Gasteiger partial charge in [-0.2, -0.15) is 0 Å². The van der Waals surface area contributed by atoms with Crippen LogP contribution in [0.1, 0.15) is 51.5 Å². The molecule has 162 valence electrons. The van der Waals surface area contributed by atoms with E-state index in [9.17, 15) is 14.9 Å². The molecule has 1 saturated heterocycles. The highest BCUT2D eigenvalue weighted by Gasteiger charge is 2.28. The van der Waals surface area contributed by atoms with E-state index < -0.39 is 0 Å². The standard InChI is InChI=1S/C21H32N2O6/c1-5-22(18-8-10-28-11-9-18)19-7-6-16(12-20(19)23(25)26)17(13-21(24)27-4)14-29-15(2)3/h6-7,12,15,17-18H,5,8-11,13-14H2,1-4H3/t17-/m1/s1. The molecule has 0 bridgehead atoms. The number of anilines is 1. The number of nitro groups is 1.